The number of hydrogen-bond donors (Lipinski definition) is 2. The molecule has 1 saturated carbocycles. The van der Waals surface area contributed by atoms with Crippen molar-refractivity contribution in [2.75, 3.05) is 26.2 Å². The lowest BCUT2D eigenvalue weighted by Gasteiger charge is -2.35. The average molecular weight is 303 g/mol. The maximum absolute atomic E-state index is 5.97. The van der Waals surface area contributed by atoms with Gasteiger partial charge in [-0.15, -0.1) is 0 Å². The van der Waals surface area contributed by atoms with Gasteiger partial charge < -0.3 is 15.8 Å². The van der Waals surface area contributed by atoms with Gasteiger partial charge in [0.1, 0.15) is 0 Å². The third kappa shape index (κ3) is 4.78. The Balaban J connectivity index is 1.41. The summed E-state index contributed by atoms with van der Waals surface area (Å²) in [6.07, 6.45) is 5.05. The zero-order valence-corrected chi connectivity index (χ0v) is 13.4. The van der Waals surface area contributed by atoms with Gasteiger partial charge in [-0.2, -0.15) is 0 Å². The van der Waals surface area contributed by atoms with Crippen molar-refractivity contribution >= 4 is 0 Å². The predicted molar refractivity (Wildman–Crippen MR) is 89.7 cm³/mol. The van der Waals surface area contributed by atoms with Crippen LogP contribution in [-0.2, 0) is 11.3 Å². The Kier molecular flexibility index (Phi) is 5.84. The molecule has 4 heteroatoms. The third-order valence-electron chi connectivity index (χ3n) is 4.88. The van der Waals surface area contributed by atoms with Crippen LogP contribution >= 0.6 is 0 Å². The van der Waals surface area contributed by atoms with Crippen LogP contribution in [0.4, 0.5) is 0 Å². The van der Waals surface area contributed by atoms with Crippen LogP contribution in [0, 0.1) is 0 Å². The fourth-order valence-electron chi connectivity index (χ4n) is 3.51. The number of morpholine rings is 1. The summed E-state index contributed by atoms with van der Waals surface area (Å²) >= 11 is 0. The van der Waals surface area contributed by atoms with Gasteiger partial charge in [-0.3, -0.25) is 4.90 Å². The molecule has 1 unspecified atom stereocenters. The van der Waals surface area contributed by atoms with E-state index in [9.17, 15) is 0 Å². The van der Waals surface area contributed by atoms with Crippen LogP contribution in [-0.4, -0.2) is 49.3 Å². The molecule has 1 aliphatic heterocycles. The van der Waals surface area contributed by atoms with Crippen molar-refractivity contribution in [1.82, 2.24) is 10.2 Å². The van der Waals surface area contributed by atoms with E-state index in [1.807, 2.05) is 0 Å². The zero-order valence-electron chi connectivity index (χ0n) is 13.4. The lowest BCUT2D eigenvalue weighted by Crippen LogP contribution is -2.48. The summed E-state index contributed by atoms with van der Waals surface area (Å²) in [6.45, 7) is 4.89. The molecule has 1 aromatic carbocycles. The minimum atomic E-state index is 0.313. The van der Waals surface area contributed by atoms with Crippen LogP contribution in [0.15, 0.2) is 30.3 Å². The molecule has 3 N–H and O–H groups in total. The van der Waals surface area contributed by atoms with Gasteiger partial charge in [0.2, 0.25) is 0 Å². The van der Waals surface area contributed by atoms with Crippen LogP contribution in [0.3, 0.4) is 0 Å². The van der Waals surface area contributed by atoms with Gasteiger partial charge in [0.15, 0.2) is 0 Å². The molecule has 2 fully saturated rings. The maximum atomic E-state index is 5.97. The smallest absolute Gasteiger partial charge is 0.0826 e. The molecule has 0 aromatic heterocycles. The summed E-state index contributed by atoms with van der Waals surface area (Å²) in [6, 6.07) is 11.8. The van der Waals surface area contributed by atoms with E-state index >= 15 is 0 Å². The van der Waals surface area contributed by atoms with E-state index in [0.717, 1.165) is 45.6 Å². The second-order valence-corrected chi connectivity index (χ2v) is 6.73. The number of hydrogen-bond acceptors (Lipinski definition) is 4. The summed E-state index contributed by atoms with van der Waals surface area (Å²) in [4.78, 5) is 2.50. The Morgan fingerprint density at radius 2 is 1.91 bits per heavy atom. The molecular weight excluding hydrogens is 274 g/mol. The number of benzene rings is 1. The molecule has 0 spiro atoms. The molecule has 1 aromatic rings. The minimum absolute atomic E-state index is 0.313. The van der Waals surface area contributed by atoms with E-state index in [4.69, 9.17) is 10.5 Å². The highest BCUT2D eigenvalue weighted by Gasteiger charge is 2.23. The fraction of sp³-hybridized carbons (Fsp3) is 0.667. The summed E-state index contributed by atoms with van der Waals surface area (Å²) in [5, 5.41) is 3.69. The van der Waals surface area contributed by atoms with Gasteiger partial charge in [-0.25, -0.2) is 0 Å². The first-order valence-electron chi connectivity index (χ1n) is 8.66. The molecule has 2 aliphatic rings. The third-order valence-corrected chi connectivity index (χ3v) is 4.88. The van der Waals surface area contributed by atoms with E-state index in [0.29, 0.717) is 18.2 Å². The highest BCUT2D eigenvalue weighted by Crippen LogP contribution is 2.17. The maximum Gasteiger partial charge on any atom is 0.0826 e. The summed E-state index contributed by atoms with van der Waals surface area (Å²) in [7, 11) is 0. The Hall–Kier alpha value is -0.940. The summed E-state index contributed by atoms with van der Waals surface area (Å²) in [5.41, 5.74) is 7.35. The normalized spacial score (nSPS) is 30.3. The SMILES string of the molecule is NC1CCC(NCC2CN(Cc3ccccc3)CCO2)CC1. The molecular formula is C18H29N3O. The lowest BCUT2D eigenvalue weighted by molar-refractivity contribution is -0.0314. The standard InChI is InChI=1S/C18H29N3O/c19-16-6-8-17(9-7-16)20-12-18-14-21(10-11-22-18)13-15-4-2-1-3-5-15/h1-5,16-18,20H,6-14,19H2. The molecule has 1 heterocycles. The molecule has 1 saturated heterocycles. The van der Waals surface area contributed by atoms with Crippen molar-refractivity contribution in [1.29, 1.82) is 0 Å². The molecule has 4 nitrogen and oxygen atoms in total. The summed E-state index contributed by atoms with van der Waals surface area (Å²) < 4.78 is 5.93. The van der Waals surface area contributed by atoms with E-state index in [2.05, 4.69) is 40.5 Å². The number of nitrogens with two attached hydrogens (primary N) is 1. The van der Waals surface area contributed by atoms with E-state index in [1.54, 1.807) is 0 Å². The van der Waals surface area contributed by atoms with E-state index in [-0.39, 0.29) is 0 Å². The molecule has 122 valence electrons. The zero-order chi connectivity index (χ0) is 15.2. The van der Waals surface area contributed by atoms with E-state index < -0.39 is 0 Å². The fourth-order valence-corrected chi connectivity index (χ4v) is 3.51. The van der Waals surface area contributed by atoms with E-state index in [1.165, 1.54) is 18.4 Å². The van der Waals surface area contributed by atoms with Gasteiger partial charge in [0, 0.05) is 38.3 Å². The highest BCUT2D eigenvalue weighted by molar-refractivity contribution is 5.14. The van der Waals surface area contributed by atoms with Crippen LogP contribution in [0.25, 0.3) is 0 Å². The molecule has 22 heavy (non-hydrogen) atoms. The Morgan fingerprint density at radius 1 is 1.14 bits per heavy atom. The first kappa shape index (κ1) is 15.9. The molecule has 1 aliphatic carbocycles. The van der Waals surface area contributed by atoms with Gasteiger partial charge in [-0.1, -0.05) is 30.3 Å². The Morgan fingerprint density at radius 3 is 2.68 bits per heavy atom. The monoisotopic (exact) mass is 303 g/mol. The largest absolute Gasteiger partial charge is 0.374 e. The van der Waals surface area contributed by atoms with Crippen LogP contribution in [0.1, 0.15) is 31.2 Å². The predicted octanol–water partition coefficient (Wildman–Crippen LogP) is 1.75. The van der Waals surface area contributed by atoms with Crippen molar-refractivity contribution in [2.24, 2.45) is 5.73 Å². The second-order valence-electron chi connectivity index (χ2n) is 6.73. The van der Waals surface area contributed by atoms with Crippen LogP contribution in [0.5, 0.6) is 0 Å². The van der Waals surface area contributed by atoms with Gasteiger partial charge >= 0.3 is 0 Å². The van der Waals surface area contributed by atoms with Gasteiger partial charge in [0.05, 0.1) is 12.7 Å². The Bertz CT molecular complexity index is 431. The average Bonchev–Trinajstić information content (AvgIpc) is 2.56. The summed E-state index contributed by atoms with van der Waals surface area (Å²) in [5.74, 6) is 0. The molecule has 0 bridgehead atoms. The van der Waals surface area contributed by atoms with Crippen molar-refractivity contribution in [3.05, 3.63) is 35.9 Å². The van der Waals surface area contributed by atoms with Crippen LogP contribution in [0.2, 0.25) is 0 Å². The van der Waals surface area contributed by atoms with Crippen molar-refractivity contribution in [3.8, 4) is 0 Å². The minimum Gasteiger partial charge on any atom is -0.374 e. The van der Waals surface area contributed by atoms with Gasteiger partial charge in [0.25, 0.3) is 0 Å². The topological polar surface area (TPSA) is 50.5 Å². The van der Waals surface area contributed by atoms with Crippen LogP contribution < -0.4 is 11.1 Å². The first-order chi connectivity index (χ1) is 10.8. The number of ether oxygens (including phenoxy) is 1. The quantitative estimate of drug-likeness (QED) is 0.870. The molecule has 0 amide bonds. The van der Waals surface area contributed by atoms with Gasteiger partial charge in [-0.05, 0) is 31.2 Å². The number of nitrogens with zero attached hydrogens (tertiary/aromatic N) is 1. The second kappa shape index (κ2) is 8.06. The van der Waals surface area contributed by atoms with Crippen molar-refractivity contribution in [2.45, 2.75) is 50.4 Å². The Labute approximate surface area is 134 Å². The molecule has 0 radical (unpaired) electrons. The number of rotatable bonds is 5. The molecule has 3 rings (SSSR count). The first-order valence-corrected chi connectivity index (χ1v) is 8.66. The molecule has 1 atom stereocenters. The number of nitrogens with one attached hydrogen (secondary N) is 1. The lowest BCUT2D eigenvalue weighted by atomic mass is 9.92. The van der Waals surface area contributed by atoms with Crippen molar-refractivity contribution in [3.63, 3.8) is 0 Å². The van der Waals surface area contributed by atoms with Crippen molar-refractivity contribution < 1.29 is 4.74 Å². The highest BCUT2D eigenvalue weighted by atomic mass is 16.5.